The lowest BCUT2D eigenvalue weighted by Crippen LogP contribution is -2.48. The van der Waals surface area contributed by atoms with Gasteiger partial charge in [0.2, 0.25) is 5.91 Å². The zero-order valence-corrected chi connectivity index (χ0v) is 17.9. The maximum Gasteiger partial charge on any atom is 0.320 e. The van der Waals surface area contributed by atoms with Crippen molar-refractivity contribution in [2.45, 2.75) is 6.92 Å². The lowest BCUT2D eigenvalue weighted by atomic mass is 10.2. The number of hydrogen-bond donors (Lipinski definition) is 2. The highest BCUT2D eigenvalue weighted by atomic mass is 16.5. The number of amides is 2. The number of ether oxygens (including phenoxy) is 1. The summed E-state index contributed by atoms with van der Waals surface area (Å²) >= 11 is 0. The topological polar surface area (TPSA) is 113 Å². The Labute approximate surface area is 185 Å². The van der Waals surface area contributed by atoms with Crippen LogP contribution in [0.4, 0.5) is 23.1 Å². The van der Waals surface area contributed by atoms with Crippen molar-refractivity contribution in [1.82, 2.24) is 15.1 Å². The number of hydrogen-bond acceptors (Lipinski definition) is 8. The van der Waals surface area contributed by atoms with Crippen molar-refractivity contribution in [2.75, 3.05) is 48.8 Å². The fourth-order valence-corrected chi connectivity index (χ4v) is 3.38. The number of piperazine rings is 1. The zero-order chi connectivity index (χ0) is 22.5. The van der Waals surface area contributed by atoms with Crippen LogP contribution in [0.3, 0.4) is 0 Å². The molecule has 1 aromatic heterocycles. The van der Waals surface area contributed by atoms with Gasteiger partial charge in [-0.05, 0) is 48.5 Å². The van der Waals surface area contributed by atoms with Crippen molar-refractivity contribution in [3.05, 3.63) is 54.4 Å². The van der Waals surface area contributed by atoms with Gasteiger partial charge in [0.1, 0.15) is 5.75 Å². The van der Waals surface area contributed by atoms with Crippen molar-refractivity contribution in [2.24, 2.45) is 0 Å². The first-order chi connectivity index (χ1) is 15.5. The van der Waals surface area contributed by atoms with Crippen LogP contribution in [-0.2, 0) is 4.79 Å². The highest BCUT2D eigenvalue weighted by Gasteiger charge is 2.19. The van der Waals surface area contributed by atoms with Gasteiger partial charge in [0, 0.05) is 50.2 Å². The molecule has 3 aromatic rings. The maximum absolute atomic E-state index is 12.5. The predicted molar refractivity (Wildman–Crippen MR) is 119 cm³/mol. The van der Waals surface area contributed by atoms with Gasteiger partial charge in [-0.15, -0.1) is 5.10 Å². The second kappa shape index (κ2) is 9.38. The van der Waals surface area contributed by atoms with Crippen LogP contribution in [0.5, 0.6) is 5.75 Å². The molecule has 0 atom stereocenters. The van der Waals surface area contributed by atoms with Gasteiger partial charge < -0.3 is 29.6 Å². The molecule has 4 rings (SSSR count). The summed E-state index contributed by atoms with van der Waals surface area (Å²) in [5, 5.41) is 13.3. The molecule has 2 N–H and O–H groups in total. The molecule has 0 bridgehead atoms. The van der Waals surface area contributed by atoms with Crippen LogP contribution in [0.1, 0.15) is 17.6 Å². The Balaban J connectivity index is 1.32. The molecule has 0 aliphatic carbocycles. The van der Waals surface area contributed by atoms with E-state index in [2.05, 4.69) is 25.7 Å². The van der Waals surface area contributed by atoms with E-state index in [1.165, 1.54) is 0 Å². The molecule has 2 heterocycles. The monoisotopic (exact) mass is 436 g/mol. The first-order valence-corrected chi connectivity index (χ1v) is 10.2. The molecule has 166 valence electrons. The smallest absolute Gasteiger partial charge is 0.320 e. The summed E-state index contributed by atoms with van der Waals surface area (Å²) in [6, 6.07) is 14.8. The SMILES string of the molecule is COc1ccc(Nc2nnc(C(=O)Nc3ccc(N4CCN(C(C)=O)CC4)cc3)o2)cc1. The highest BCUT2D eigenvalue weighted by molar-refractivity contribution is 6.01. The molecular weight excluding hydrogens is 412 g/mol. The van der Waals surface area contributed by atoms with Crippen LogP contribution < -0.4 is 20.3 Å². The van der Waals surface area contributed by atoms with E-state index >= 15 is 0 Å². The summed E-state index contributed by atoms with van der Waals surface area (Å²) in [5.41, 5.74) is 2.38. The quantitative estimate of drug-likeness (QED) is 0.607. The number of nitrogens with zero attached hydrogens (tertiary/aromatic N) is 4. The molecule has 2 amide bonds. The normalized spacial score (nSPS) is 13.6. The lowest BCUT2D eigenvalue weighted by molar-refractivity contribution is -0.129. The van der Waals surface area contributed by atoms with E-state index in [9.17, 15) is 9.59 Å². The van der Waals surface area contributed by atoms with Crippen LogP contribution in [0.2, 0.25) is 0 Å². The number of carbonyl (C=O) groups excluding carboxylic acids is 2. The fourth-order valence-electron chi connectivity index (χ4n) is 3.38. The molecule has 1 saturated heterocycles. The maximum atomic E-state index is 12.5. The molecular formula is C22H24N6O4. The van der Waals surface area contributed by atoms with Gasteiger partial charge in [-0.1, -0.05) is 5.10 Å². The van der Waals surface area contributed by atoms with E-state index in [1.54, 1.807) is 38.3 Å². The molecule has 0 radical (unpaired) electrons. The van der Waals surface area contributed by atoms with Crippen LogP contribution in [0.25, 0.3) is 0 Å². The van der Waals surface area contributed by atoms with Gasteiger partial charge in [-0.25, -0.2) is 0 Å². The second-order valence-electron chi connectivity index (χ2n) is 7.26. The van der Waals surface area contributed by atoms with E-state index in [0.29, 0.717) is 18.8 Å². The largest absolute Gasteiger partial charge is 0.497 e. The highest BCUT2D eigenvalue weighted by Crippen LogP contribution is 2.21. The van der Waals surface area contributed by atoms with Gasteiger partial charge in [-0.3, -0.25) is 9.59 Å². The Morgan fingerprint density at radius 2 is 1.59 bits per heavy atom. The number of nitrogens with one attached hydrogen (secondary N) is 2. The minimum atomic E-state index is -0.497. The first-order valence-electron chi connectivity index (χ1n) is 10.2. The van der Waals surface area contributed by atoms with Gasteiger partial charge in [0.25, 0.3) is 0 Å². The molecule has 1 aliphatic heterocycles. The first kappa shape index (κ1) is 21.2. The fraction of sp³-hybridized carbons (Fsp3) is 0.273. The average molecular weight is 436 g/mol. The van der Waals surface area contributed by atoms with E-state index in [-0.39, 0.29) is 17.8 Å². The Morgan fingerprint density at radius 3 is 2.22 bits per heavy atom. The molecule has 10 nitrogen and oxygen atoms in total. The third-order valence-electron chi connectivity index (χ3n) is 5.18. The van der Waals surface area contributed by atoms with E-state index in [0.717, 1.165) is 30.2 Å². The third kappa shape index (κ3) is 4.97. The predicted octanol–water partition coefficient (Wildman–Crippen LogP) is 2.74. The van der Waals surface area contributed by atoms with Gasteiger partial charge in [-0.2, -0.15) is 0 Å². The van der Waals surface area contributed by atoms with Crippen molar-refractivity contribution in [3.63, 3.8) is 0 Å². The summed E-state index contributed by atoms with van der Waals surface area (Å²) in [6.45, 7) is 4.55. The van der Waals surface area contributed by atoms with Crippen molar-refractivity contribution in [1.29, 1.82) is 0 Å². The van der Waals surface area contributed by atoms with E-state index in [4.69, 9.17) is 9.15 Å². The molecule has 10 heteroatoms. The molecule has 1 fully saturated rings. The summed E-state index contributed by atoms with van der Waals surface area (Å²) in [5.74, 6) is 0.185. The van der Waals surface area contributed by atoms with Gasteiger partial charge >= 0.3 is 17.8 Å². The third-order valence-corrected chi connectivity index (χ3v) is 5.18. The van der Waals surface area contributed by atoms with Crippen LogP contribution in [0.15, 0.2) is 52.9 Å². The summed E-state index contributed by atoms with van der Waals surface area (Å²) in [7, 11) is 1.59. The van der Waals surface area contributed by atoms with E-state index in [1.807, 2.05) is 29.2 Å². The molecule has 0 saturated carbocycles. The standard InChI is InChI=1S/C22H24N6O4/c1-15(29)27-11-13-28(14-12-27)18-7-3-16(4-8-18)23-20(30)21-25-26-22(32-21)24-17-5-9-19(31-2)10-6-17/h3-10H,11-14H2,1-2H3,(H,23,30)(H,24,26). The molecule has 0 spiro atoms. The number of carbonyl (C=O) groups is 2. The Bertz CT molecular complexity index is 1070. The Morgan fingerprint density at radius 1 is 0.938 bits per heavy atom. The Hall–Kier alpha value is -4.08. The van der Waals surface area contributed by atoms with Crippen LogP contribution in [-0.4, -0.2) is 60.2 Å². The molecule has 32 heavy (non-hydrogen) atoms. The molecule has 2 aromatic carbocycles. The Kier molecular flexibility index (Phi) is 6.20. The zero-order valence-electron chi connectivity index (χ0n) is 17.9. The lowest BCUT2D eigenvalue weighted by Gasteiger charge is -2.35. The van der Waals surface area contributed by atoms with Crippen LogP contribution in [0, 0.1) is 0 Å². The number of benzene rings is 2. The van der Waals surface area contributed by atoms with Gasteiger partial charge in [0.15, 0.2) is 0 Å². The van der Waals surface area contributed by atoms with Crippen molar-refractivity contribution in [3.8, 4) is 5.75 Å². The van der Waals surface area contributed by atoms with Crippen molar-refractivity contribution >= 4 is 34.9 Å². The molecule has 0 unspecified atom stereocenters. The minimum Gasteiger partial charge on any atom is -0.497 e. The number of methoxy groups -OCH3 is 1. The van der Waals surface area contributed by atoms with Crippen molar-refractivity contribution < 1.29 is 18.7 Å². The van der Waals surface area contributed by atoms with Crippen LogP contribution >= 0.6 is 0 Å². The molecule has 1 aliphatic rings. The minimum absolute atomic E-state index is 0.103. The number of anilines is 4. The summed E-state index contributed by atoms with van der Waals surface area (Å²) in [6.07, 6.45) is 0. The number of aromatic nitrogens is 2. The summed E-state index contributed by atoms with van der Waals surface area (Å²) < 4.78 is 10.5. The summed E-state index contributed by atoms with van der Waals surface area (Å²) in [4.78, 5) is 28.0. The number of rotatable bonds is 6. The second-order valence-corrected chi connectivity index (χ2v) is 7.26. The average Bonchev–Trinajstić information content (AvgIpc) is 3.29. The van der Waals surface area contributed by atoms with Gasteiger partial charge in [0.05, 0.1) is 7.11 Å². The van der Waals surface area contributed by atoms with E-state index < -0.39 is 5.91 Å².